The van der Waals surface area contributed by atoms with Gasteiger partial charge >= 0.3 is 0 Å². The van der Waals surface area contributed by atoms with Gasteiger partial charge in [0.2, 0.25) is 0 Å². The molecule has 100 valence electrons. The molecule has 0 amide bonds. The lowest BCUT2D eigenvalue weighted by molar-refractivity contribution is 0.977. The van der Waals surface area contributed by atoms with Crippen molar-refractivity contribution < 1.29 is 0 Å². The first-order valence-electron chi connectivity index (χ1n) is 6.98. The molecule has 0 saturated heterocycles. The monoisotopic (exact) mass is 269 g/mol. The SMILES string of the molecule is N#Cc1ccc(C(c2ccccc2)c2ccccc2)cc1. The molecular formula is C20H15N. The highest BCUT2D eigenvalue weighted by Gasteiger charge is 2.15. The van der Waals surface area contributed by atoms with Crippen LogP contribution in [0, 0.1) is 11.3 Å². The van der Waals surface area contributed by atoms with E-state index in [-0.39, 0.29) is 5.92 Å². The van der Waals surface area contributed by atoms with Crippen LogP contribution in [0.25, 0.3) is 0 Å². The zero-order valence-corrected chi connectivity index (χ0v) is 11.6. The molecule has 0 atom stereocenters. The van der Waals surface area contributed by atoms with Crippen molar-refractivity contribution in [2.75, 3.05) is 0 Å². The van der Waals surface area contributed by atoms with Crippen LogP contribution >= 0.6 is 0 Å². The van der Waals surface area contributed by atoms with Crippen molar-refractivity contribution >= 4 is 0 Å². The molecular weight excluding hydrogens is 254 g/mol. The van der Waals surface area contributed by atoms with Gasteiger partial charge in [-0.2, -0.15) is 5.26 Å². The second-order valence-corrected chi connectivity index (χ2v) is 4.99. The van der Waals surface area contributed by atoms with E-state index in [1.54, 1.807) is 0 Å². The first-order valence-corrected chi connectivity index (χ1v) is 6.98. The molecule has 0 heterocycles. The molecule has 0 bridgehead atoms. The van der Waals surface area contributed by atoms with Crippen molar-refractivity contribution in [2.45, 2.75) is 5.92 Å². The number of hydrogen-bond donors (Lipinski definition) is 0. The number of nitrogens with zero attached hydrogens (tertiary/aromatic N) is 1. The summed E-state index contributed by atoms with van der Waals surface area (Å²) in [4.78, 5) is 0. The van der Waals surface area contributed by atoms with E-state index >= 15 is 0 Å². The molecule has 3 aromatic rings. The minimum Gasteiger partial charge on any atom is -0.192 e. The minimum absolute atomic E-state index is 0.195. The number of hydrogen-bond acceptors (Lipinski definition) is 1. The van der Waals surface area contributed by atoms with E-state index in [1.807, 2.05) is 36.4 Å². The summed E-state index contributed by atoms with van der Waals surface area (Å²) in [6.45, 7) is 0. The van der Waals surface area contributed by atoms with Gasteiger partial charge in [0.1, 0.15) is 0 Å². The Bertz CT molecular complexity index is 698. The Kier molecular flexibility index (Phi) is 3.80. The Morgan fingerprint density at radius 2 is 1.00 bits per heavy atom. The van der Waals surface area contributed by atoms with Gasteiger partial charge in [0.15, 0.2) is 0 Å². The Labute approximate surface area is 125 Å². The largest absolute Gasteiger partial charge is 0.192 e. The van der Waals surface area contributed by atoms with Gasteiger partial charge in [0.05, 0.1) is 11.6 Å². The van der Waals surface area contributed by atoms with Gasteiger partial charge in [-0.25, -0.2) is 0 Å². The van der Waals surface area contributed by atoms with Gasteiger partial charge < -0.3 is 0 Å². The minimum atomic E-state index is 0.195. The zero-order chi connectivity index (χ0) is 14.5. The number of rotatable bonds is 3. The molecule has 1 heteroatoms. The third kappa shape index (κ3) is 2.85. The maximum atomic E-state index is 8.95. The van der Waals surface area contributed by atoms with E-state index in [0.29, 0.717) is 5.56 Å². The van der Waals surface area contributed by atoms with E-state index in [2.05, 4.69) is 54.6 Å². The van der Waals surface area contributed by atoms with E-state index in [4.69, 9.17) is 5.26 Å². The van der Waals surface area contributed by atoms with Crippen molar-refractivity contribution in [3.05, 3.63) is 107 Å². The summed E-state index contributed by atoms with van der Waals surface area (Å²) in [7, 11) is 0. The fraction of sp³-hybridized carbons (Fsp3) is 0.0500. The molecule has 0 aliphatic carbocycles. The average molecular weight is 269 g/mol. The molecule has 3 aromatic carbocycles. The van der Waals surface area contributed by atoms with Gasteiger partial charge in [-0.05, 0) is 28.8 Å². The van der Waals surface area contributed by atoms with E-state index < -0.39 is 0 Å². The second-order valence-electron chi connectivity index (χ2n) is 4.99. The van der Waals surface area contributed by atoms with E-state index in [1.165, 1.54) is 16.7 Å². The van der Waals surface area contributed by atoms with Gasteiger partial charge in [0, 0.05) is 5.92 Å². The molecule has 21 heavy (non-hydrogen) atoms. The van der Waals surface area contributed by atoms with Crippen LogP contribution < -0.4 is 0 Å². The number of nitriles is 1. The van der Waals surface area contributed by atoms with Crippen molar-refractivity contribution in [3.8, 4) is 6.07 Å². The highest BCUT2D eigenvalue weighted by molar-refractivity contribution is 5.44. The van der Waals surface area contributed by atoms with Crippen LogP contribution in [0.4, 0.5) is 0 Å². The predicted molar refractivity (Wildman–Crippen MR) is 85.0 cm³/mol. The topological polar surface area (TPSA) is 23.8 Å². The third-order valence-electron chi connectivity index (χ3n) is 3.64. The maximum absolute atomic E-state index is 8.95. The number of benzene rings is 3. The summed E-state index contributed by atoms with van der Waals surface area (Å²) in [6.07, 6.45) is 0. The Hall–Kier alpha value is -2.85. The second kappa shape index (κ2) is 6.07. The van der Waals surface area contributed by atoms with E-state index in [9.17, 15) is 0 Å². The molecule has 0 aliphatic heterocycles. The summed E-state index contributed by atoms with van der Waals surface area (Å²) >= 11 is 0. The first kappa shape index (κ1) is 13.1. The lowest BCUT2D eigenvalue weighted by Crippen LogP contribution is -2.03. The standard InChI is InChI=1S/C20H15N/c21-15-16-11-13-19(14-12-16)20(17-7-3-1-4-8-17)18-9-5-2-6-10-18/h1-14,20H. The molecule has 0 saturated carbocycles. The van der Waals surface area contributed by atoms with Crippen LogP contribution in [0.1, 0.15) is 28.2 Å². The van der Waals surface area contributed by atoms with Crippen LogP contribution in [0.3, 0.4) is 0 Å². The average Bonchev–Trinajstić information content (AvgIpc) is 2.58. The summed E-state index contributed by atoms with van der Waals surface area (Å²) in [5, 5.41) is 8.95. The van der Waals surface area contributed by atoms with Gasteiger partial charge in [-0.3, -0.25) is 0 Å². The van der Waals surface area contributed by atoms with Crippen LogP contribution in [0.5, 0.6) is 0 Å². The van der Waals surface area contributed by atoms with Crippen LogP contribution in [0.15, 0.2) is 84.9 Å². The summed E-state index contributed by atoms with van der Waals surface area (Å²) in [5.41, 5.74) is 4.41. The predicted octanol–water partition coefficient (Wildman–Crippen LogP) is 4.74. The summed E-state index contributed by atoms with van der Waals surface area (Å²) < 4.78 is 0. The van der Waals surface area contributed by atoms with Crippen molar-refractivity contribution in [3.63, 3.8) is 0 Å². The fourth-order valence-electron chi connectivity index (χ4n) is 2.62. The van der Waals surface area contributed by atoms with Gasteiger partial charge in [-0.1, -0.05) is 72.8 Å². The molecule has 0 aliphatic rings. The molecule has 0 radical (unpaired) electrons. The third-order valence-corrected chi connectivity index (χ3v) is 3.64. The summed E-state index contributed by atoms with van der Waals surface area (Å²) in [5.74, 6) is 0.195. The molecule has 0 unspecified atom stereocenters. The Morgan fingerprint density at radius 1 is 0.571 bits per heavy atom. The van der Waals surface area contributed by atoms with Crippen molar-refractivity contribution in [2.24, 2.45) is 0 Å². The highest BCUT2D eigenvalue weighted by atomic mass is 14.2. The maximum Gasteiger partial charge on any atom is 0.0991 e. The molecule has 0 N–H and O–H groups in total. The lowest BCUT2D eigenvalue weighted by atomic mass is 9.85. The normalized spacial score (nSPS) is 10.3. The van der Waals surface area contributed by atoms with Crippen molar-refractivity contribution in [1.82, 2.24) is 0 Å². The molecule has 1 nitrogen and oxygen atoms in total. The highest BCUT2D eigenvalue weighted by Crippen LogP contribution is 2.31. The molecule has 3 rings (SSSR count). The van der Waals surface area contributed by atoms with Gasteiger partial charge in [-0.15, -0.1) is 0 Å². The van der Waals surface area contributed by atoms with Crippen LogP contribution in [-0.4, -0.2) is 0 Å². The molecule has 0 spiro atoms. The van der Waals surface area contributed by atoms with E-state index in [0.717, 1.165) is 0 Å². The lowest BCUT2D eigenvalue weighted by Gasteiger charge is -2.18. The fourth-order valence-corrected chi connectivity index (χ4v) is 2.62. The Morgan fingerprint density at radius 3 is 1.43 bits per heavy atom. The van der Waals surface area contributed by atoms with Crippen LogP contribution in [0.2, 0.25) is 0 Å². The smallest absolute Gasteiger partial charge is 0.0991 e. The van der Waals surface area contributed by atoms with Crippen LogP contribution in [-0.2, 0) is 0 Å². The molecule has 0 aromatic heterocycles. The molecule has 0 fully saturated rings. The van der Waals surface area contributed by atoms with Crippen molar-refractivity contribution in [1.29, 1.82) is 5.26 Å². The first-order chi connectivity index (χ1) is 10.4. The Balaban J connectivity index is 2.10. The zero-order valence-electron chi connectivity index (χ0n) is 11.6. The quantitative estimate of drug-likeness (QED) is 0.630. The van der Waals surface area contributed by atoms with Gasteiger partial charge in [0.25, 0.3) is 0 Å². The summed E-state index contributed by atoms with van der Waals surface area (Å²) in [6, 6.07) is 30.9.